The Morgan fingerprint density at radius 2 is 1.71 bits per heavy atom. The molecule has 0 bridgehead atoms. The van der Waals surface area contributed by atoms with Crippen LogP contribution in [0, 0.1) is 0 Å². The Morgan fingerprint density at radius 3 is 2.14 bits per heavy atom. The number of primary amides is 1. The van der Waals surface area contributed by atoms with Crippen molar-refractivity contribution >= 4 is 11.9 Å². The van der Waals surface area contributed by atoms with E-state index >= 15 is 0 Å². The minimum absolute atomic E-state index is 0.0448. The van der Waals surface area contributed by atoms with Gasteiger partial charge in [0.1, 0.15) is 6.61 Å². The molecule has 1 aliphatic heterocycles. The summed E-state index contributed by atoms with van der Waals surface area (Å²) in [6.45, 7) is 2.17. The van der Waals surface area contributed by atoms with Crippen molar-refractivity contribution < 1.29 is 14.3 Å². The molecule has 0 aromatic carbocycles. The predicted molar refractivity (Wildman–Crippen MR) is 49.6 cm³/mol. The third-order valence-corrected chi connectivity index (χ3v) is 2.21. The van der Waals surface area contributed by atoms with Crippen molar-refractivity contribution in [1.29, 1.82) is 0 Å². The van der Waals surface area contributed by atoms with Gasteiger partial charge in [0, 0.05) is 33.3 Å². The van der Waals surface area contributed by atoms with Crippen LogP contribution in [0.5, 0.6) is 0 Å². The molecule has 1 heterocycles. The van der Waals surface area contributed by atoms with Crippen LogP contribution in [0.15, 0.2) is 0 Å². The molecule has 6 nitrogen and oxygen atoms in total. The van der Waals surface area contributed by atoms with Crippen molar-refractivity contribution in [3.05, 3.63) is 0 Å². The number of hydrogen-bond acceptors (Lipinski definition) is 3. The maximum atomic E-state index is 11.3. The molecule has 0 spiro atoms. The predicted octanol–water partition coefficient (Wildman–Crippen LogP) is -1.14. The van der Waals surface area contributed by atoms with Gasteiger partial charge in [-0.05, 0) is 0 Å². The summed E-state index contributed by atoms with van der Waals surface area (Å²) in [7, 11) is 1.48. The maximum absolute atomic E-state index is 11.3. The highest BCUT2D eigenvalue weighted by molar-refractivity contribution is 5.78. The molecule has 0 saturated carbocycles. The van der Waals surface area contributed by atoms with Gasteiger partial charge in [-0.2, -0.15) is 0 Å². The first-order chi connectivity index (χ1) is 6.65. The Kier molecular flexibility index (Phi) is 3.70. The molecule has 6 heteroatoms. The third-order valence-electron chi connectivity index (χ3n) is 2.21. The average Bonchev–Trinajstić information content (AvgIpc) is 2.18. The summed E-state index contributed by atoms with van der Waals surface area (Å²) < 4.78 is 4.73. The monoisotopic (exact) mass is 201 g/mol. The highest BCUT2D eigenvalue weighted by Crippen LogP contribution is 2.01. The van der Waals surface area contributed by atoms with Crippen LogP contribution < -0.4 is 5.73 Å². The molecule has 80 valence electrons. The summed E-state index contributed by atoms with van der Waals surface area (Å²) >= 11 is 0. The van der Waals surface area contributed by atoms with Gasteiger partial charge in [0.2, 0.25) is 5.91 Å². The van der Waals surface area contributed by atoms with Crippen LogP contribution in [0.4, 0.5) is 4.79 Å². The lowest BCUT2D eigenvalue weighted by Crippen LogP contribution is -2.52. The van der Waals surface area contributed by atoms with Gasteiger partial charge >= 0.3 is 6.03 Å². The SMILES string of the molecule is COCC(=O)N1CCN(C(N)=O)CC1. The van der Waals surface area contributed by atoms with Crippen LogP contribution in [0.2, 0.25) is 0 Å². The minimum atomic E-state index is -0.427. The molecule has 0 aromatic heterocycles. The van der Waals surface area contributed by atoms with Crippen LogP contribution >= 0.6 is 0 Å². The third kappa shape index (κ3) is 2.59. The van der Waals surface area contributed by atoms with Crippen molar-refractivity contribution in [3.8, 4) is 0 Å². The Balaban J connectivity index is 2.35. The largest absolute Gasteiger partial charge is 0.375 e. The number of piperazine rings is 1. The highest BCUT2D eigenvalue weighted by Gasteiger charge is 2.22. The topological polar surface area (TPSA) is 75.9 Å². The minimum Gasteiger partial charge on any atom is -0.375 e. The molecule has 0 unspecified atom stereocenters. The van der Waals surface area contributed by atoms with Gasteiger partial charge in [0.05, 0.1) is 0 Å². The number of nitrogens with zero attached hydrogens (tertiary/aromatic N) is 2. The normalized spacial score (nSPS) is 16.9. The zero-order valence-corrected chi connectivity index (χ0v) is 8.23. The number of amides is 3. The van der Waals surface area contributed by atoms with Crippen molar-refractivity contribution in [2.24, 2.45) is 5.73 Å². The van der Waals surface area contributed by atoms with Gasteiger partial charge in [-0.3, -0.25) is 4.79 Å². The van der Waals surface area contributed by atoms with Crippen LogP contribution in [0.3, 0.4) is 0 Å². The van der Waals surface area contributed by atoms with E-state index < -0.39 is 6.03 Å². The summed E-state index contributed by atoms with van der Waals surface area (Å²) in [5, 5.41) is 0. The molecule has 0 atom stereocenters. The van der Waals surface area contributed by atoms with Gasteiger partial charge < -0.3 is 20.3 Å². The summed E-state index contributed by atoms with van der Waals surface area (Å²) in [6.07, 6.45) is 0. The summed E-state index contributed by atoms with van der Waals surface area (Å²) in [5.41, 5.74) is 5.11. The van der Waals surface area contributed by atoms with E-state index in [0.717, 1.165) is 0 Å². The zero-order chi connectivity index (χ0) is 10.6. The number of carbonyl (C=O) groups is 2. The first-order valence-electron chi connectivity index (χ1n) is 4.46. The molecule has 0 radical (unpaired) electrons. The molecule has 14 heavy (non-hydrogen) atoms. The second kappa shape index (κ2) is 4.80. The lowest BCUT2D eigenvalue weighted by molar-refractivity contribution is -0.136. The Hall–Kier alpha value is -1.30. The van der Waals surface area contributed by atoms with Gasteiger partial charge in [0.25, 0.3) is 0 Å². The van der Waals surface area contributed by atoms with Crippen molar-refractivity contribution in [1.82, 2.24) is 9.80 Å². The second-order valence-corrected chi connectivity index (χ2v) is 3.14. The molecule has 1 saturated heterocycles. The van der Waals surface area contributed by atoms with Gasteiger partial charge in [-0.25, -0.2) is 4.79 Å². The van der Waals surface area contributed by atoms with Crippen LogP contribution in [0.25, 0.3) is 0 Å². The van der Waals surface area contributed by atoms with Crippen LogP contribution in [-0.2, 0) is 9.53 Å². The fourth-order valence-corrected chi connectivity index (χ4v) is 1.39. The summed E-state index contributed by atoms with van der Waals surface area (Å²) in [5.74, 6) is -0.0448. The summed E-state index contributed by atoms with van der Waals surface area (Å²) in [4.78, 5) is 25.3. The van der Waals surface area contributed by atoms with E-state index in [1.807, 2.05) is 0 Å². The average molecular weight is 201 g/mol. The van der Waals surface area contributed by atoms with E-state index in [-0.39, 0.29) is 12.5 Å². The lowest BCUT2D eigenvalue weighted by Gasteiger charge is -2.33. The van der Waals surface area contributed by atoms with Crippen molar-refractivity contribution in [2.75, 3.05) is 39.9 Å². The van der Waals surface area contributed by atoms with E-state index in [1.54, 1.807) is 4.90 Å². The fraction of sp³-hybridized carbons (Fsp3) is 0.750. The van der Waals surface area contributed by atoms with Gasteiger partial charge in [0.15, 0.2) is 0 Å². The molecule has 2 N–H and O–H groups in total. The highest BCUT2D eigenvalue weighted by atomic mass is 16.5. The number of nitrogens with two attached hydrogens (primary N) is 1. The van der Waals surface area contributed by atoms with E-state index in [2.05, 4.69) is 0 Å². The van der Waals surface area contributed by atoms with E-state index in [1.165, 1.54) is 12.0 Å². The van der Waals surface area contributed by atoms with Gasteiger partial charge in [-0.15, -0.1) is 0 Å². The van der Waals surface area contributed by atoms with Gasteiger partial charge in [-0.1, -0.05) is 0 Å². The zero-order valence-electron chi connectivity index (χ0n) is 8.23. The second-order valence-electron chi connectivity index (χ2n) is 3.14. The molecule has 1 fully saturated rings. The quantitative estimate of drug-likeness (QED) is 0.613. The molecule has 1 aliphatic rings. The first-order valence-corrected chi connectivity index (χ1v) is 4.46. The van der Waals surface area contributed by atoms with Crippen molar-refractivity contribution in [2.45, 2.75) is 0 Å². The number of methoxy groups -OCH3 is 1. The standard InChI is InChI=1S/C8H15N3O3/c1-14-6-7(12)10-2-4-11(5-3-10)8(9)13/h2-6H2,1H3,(H2,9,13). The fourth-order valence-electron chi connectivity index (χ4n) is 1.39. The number of hydrogen-bond donors (Lipinski definition) is 1. The smallest absolute Gasteiger partial charge is 0.314 e. The Morgan fingerprint density at radius 1 is 1.21 bits per heavy atom. The number of urea groups is 1. The number of rotatable bonds is 2. The van der Waals surface area contributed by atoms with E-state index in [4.69, 9.17) is 10.5 Å². The Bertz CT molecular complexity index is 224. The lowest BCUT2D eigenvalue weighted by atomic mass is 10.3. The molecular weight excluding hydrogens is 186 g/mol. The Labute approximate surface area is 82.6 Å². The van der Waals surface area contributed by atoms with Crippen molar-refractivity contribution in [3.63, 3.8) is 0 Å². The molecular formula is C8H15N3O3. The maximum Gasteiger partial charge on any atom is 0.314 e. The first kappa shape index (κ1) is 10.8. The van der Waals surface area contributed by atoms with Crippen LogP contribution in [-0.4, -0.2) is 61.6 Å². The van der Waals surface area contributed by atoms with E-state index in [9.17, 15) is 9.59 Å². The number of carbonyl (C=O) groups excluding carboxylic acids is 2. The van der Waals surface area contributed by atoms with Crippen LogP contribution in [0.1, 0.15) is 0 Å². The summed E-state index contributed by atoms with van der Waals surface area (Å²) in [6, 6.07) is -0.427. The molecule has 0 aromatic rings. The number of ether oxygens (including phenoxy) is 1. The molecule has 3 amide bonds. The molecule has 1 rings (SSSR count). The molecule has 0 aliphatic carbocycles. The van der Waals surface area contributed by atoms with E-state index in [0.29, 0.717) is 26.2 Å².